The number of carbonyl (C=O) groups excluding carboxylic acids is 2. The predicted molar refractivity (Wildman–Crippen MR) is 93.3 cm³/mol. The van der Waals surface area contributed by atoms with Crippen LogP contribution in [0.5, 0.6) is 0 Å². The van der Waals surface area contributed by atoms with Crippen LogP contribution in [0.3, 0.4) is 0 Å². The van der Waals surface area contributed by atoms with Crippen molar-refractivity contribution in [1.29, 1.82) is 0 Å². The van der Waals surface area contributed by atoms with Gasteiger partial charge in [0, 0.05) is 31.6 Å². The fourth-order valence-electron chi connectivity index (χ4n) is 2.94. The second-order valence-corrected chi connectivity index (χ2v) is 6.84. The minimum atomic E-state index is -0.333. The van der Waals surface area contributed by atoms with E-state index in [0.717, 1.165) is 0 Å². The maximum absolute atomic E-state index is 13.8. The molecular weight excluding hydrogens is 323 g/mol. The predicted octanol–water partition coefficient (Wildman–Crippen LogP) is 2.45. The Hall–Kier alpha value is -1.95. The first-order valence-electron chi connectivity index (χ1n) is 8.81. The summed E-state index contributed by atoms with van der Waals surface area (Å²) in [6.07, 6.45) is 0.0117. The van der Waals surface area contributed by atoms with Crippen LogP contribution in [-0.2, 0) is 20.9 Å². The zero-order valence-corrected chi connectivity index (χ0v) is 15.2. The smallest absolute Gasteiger partial charge is 0.242 e. The molecule has 25 heavy (non-hydrogen) atoms. The number of halogens is 1. The molecule has 1 fully saturated rings. The molecule has 2 rings (SSSR count). The van der Waals surface area contributed by atoms with Gasteiger partial charge >= 0.3 is 0 Å². The van der Waals surface area contributed by atoms with Gasteiger partial charge in [-0.05, 0) is 12.0 Å². The van der Waals surface area contributed by atoms with Gasteiger partial charge in [0.15, 0.2) is 0 Å². The van der Waals surface area contributed by atoms with Gasteiger partial charge in [-0.3, -0.25) is 9.59 Å². The van der Waals surface area contributed by atoms with Crippen molar-refractivity contribution < 1.29 is 18.7 Å². The summed E-state index contributed by atoms with van der Waals surface area (Å²) < 4.78 is 19.7. The van der Waals surface area contributed by atoms with E-state index in [4.69, 9.17) is 4.74 Å². The van der Waals surface area contributed by atoms with E-state index in [-0.39, 0.29) is 36.9 Å². The molecule has 0 bridgehead atoms. The van der Waals surface area contributed by atoms with E-state index >= 15 is 0 Å². The van der Waals surface area contributed by atoms with Crippen LogP contribution in [0.1, 0.15) is 32.8 Å². The van der Waals surface area contributed by atoms with Crippen LogP contribution in [0.2, 0.25) is 0 Å². The number of benzene rings is 1. The van der Waals surface area contributed by atoms with Crippen LogP contribution in [0.15, 0.2) is 24.3 Å². The molecule has 0 radical (unpaired) electrons. The van der Waals surface area contributed by atoms with Gasteiger partial charge in [-0.1, -0.05) is 39.0 Å². The Morgan fingerprint density at radius 3 is 2.68 bits per heavy atom. The number of rotatable bonds is 6. The third kappa shape index (κ3) is 5.53. The molecule has 5 nitrogen and oxygen atoms in total. The Bertz CT molecular complexity index is 606. The van der Waals surface area contributed by atoms with Gasteiger partial charge in [-0.2, -0.15) is 0 Å². The highest BCUT2D eigenvalue weighted by molar-refractivity contribution is 5.85. The molecule has 1 atom stereocenters. The molecule has 0 aromatic heterocycles. The molecule has 0 N–H and O–H groups in total. The van der Waals surface area contributed by atoms with E-state index in [1.165, 1.54) is 6.07 Å². The number of hydrogen-bond acceptors (Lipinski definition) is 3. The number of ether oxygens (including phenoxy) is 1. The first-order valence-corrected chi connectivity index (χ1v) is 8.81. The third-order valence-corrected chi connectivity index (χ3v) is 4.20. The van der Waals surface area contributed by atoms with Crippen LogP contribution in [0, 0.1) is 11.7 Å². The molecule has 6 heteroatoms. The topological polar surface area (TPSA) is 49.9 Å². The molecule has 138 valence electrons. The largest absolute Gasteiger partial charge is 0.370 e. The minimum Gasteiger partial charge on any atom is -0.370 e. The van der Waals surface area contributed by atoms with Crippen LogP contribution >= 0.6 is 0 Å². The first-order chi connectivity index (χ1) is 11.9. The van der Waals surface area contributed by atoms with Gasteiger partial charge in [0.2, 0.25) is 11.8 Å². The lowest BCUT2D eigenvalue weighted by molar-refractivity contribution is -0.138. The molecular formula is C19H27FN2O3. The summed E-state index contributed by atoms with van der Waals surface area (Å²) in [7, 11) is 0. The van der Waals surface area contributed by atoms with Crippen molar-refractivity contribution in [1.82, 2.24) is 9.80 Å². The van der Waals surface area contributed by atoms with E-state index in [1.54, 1.807) is 34.9 Å². The maximum Gasteiger partial charge on any atom is 0.242 e. The average molecular weight is 350 g/mol. The fourth-order valence-corrected chi connectivity index (χ4v) is 2.94. The molecule has 1 aromatic carbocycles. The summed E-state index contributed by atoms with van der Waals surface area (Å²) in [6.45, 7) is 7.45. The molecule has 0 aliphatic carbocycles. The van der Waals surface area contributed by atoms with E-state index in [0.29, 0.717) is 37.5 Å². The van der Waals surface area contributed by atoms with Gasteiger partial charge in [-0.25, -0.2) is 4.39 Å². The van der Waals surface area contributed by atoms with Crippen LogP contribution in [-0.4, -0.2) is 53.9 Å². The highest BCUT2D eigenvalue weighted by atomic mass is 19.1. The van der Waals surface area contributed by atoms with Gasteiger partial charge in [0.05, 0.1) is 19.3 Å². The van der Waals surface area contributed by atoms with Gasteiger partial charge in [-0.15, -0.1) is 0 Å². The zero-order chi connectivity index (χ0) is 18.4. The van der Waals surface area contributed by atoms with E-state index in [1.807, 2.05) is 13.8 Å². The Morgan fingerprint density at radius 1 is 1.32 bits per heavy atom. The lowest BCUT2D eigenvalue weighted by Crippen LogP contribution is -2.40. The van der Waals surface area contributed by atoms with Crippen molar-refractivity contribution in [2.75, 3.05) is 26.2 Å². The Kier molecular flexibility index (Phi) is 6.93. The molecule has 1 heterocycles. The summed E-state index contributed by atoms with van der Waals surface area (Å²) in [5, 5.41) is 0. The number of amides is 2. The number of hydrogen-bond donors (Lipinski definition) is 0. The number of nitrogens with zero attached hydrogens (tertiary/aromatic N) is 2. The van der Waals surface area contributed by atoms with E-state index in [2.05, 4.69) is 0 Å². The van der Waals surface area contributed by atoms with Gasteiger partial charge in [0.25, 0.3) is 0 Å². The zero-order valence-electron chi connectivity index (χ0n) is 15.2. The standard InChI is InChI=1S/C19H27FN2O3/c1-4-18(23)22-11-16(10-21(9-14(2)3)19(24)12-22)25-13-15-7-5-6-8-17(15)20/h5-8,14,16H,4,9-13H2,1-3H3. The van der Waals surface area contributed by atoms with E-state index < -0.39 is 0 Å². The van der Waals surface area contributed by atoms with Crippen LogP contribution in [0.25, 0.3) is 0 Å². The Balaban J connectivity index is 2.10. The van der Waals surface area contributed by atoms with E-state index in [9.17, 15) is 14.0 Å². The minimum absolute atomic E-state index is 0.0625. The maximum atomic E-state index is 13.8. The molecule has 1 aromatic rings. The Morgan fingerprint density at radius 2 is 2.04 bits per heavy atom. The van der Waals surface area contributed by atoms with Crippen LogP contribution < -0.4 is 0 Å². The molecule has 1 aliphatic heterocycles. The lowest BCUT2D eigenvalue weighted by atomic mass is 10.2. The molecule has 0 saturated carbocycles. The average Bonchev–Trinajstić information content (AvgIpc) is 2.72. The third-order valence-electron chi connectivity index (χ3n) is 4.20. The Labute approximate surface area is 148 Å². The molecule has 1 aliphatic rings. The summed E-state index contributed by atoms with van der Waals surface area (Å²) in [5.74, 6) is -0.121. The lowest BCUT2D eigenvalue weighted by Gasteiger charge is -2.26. The van der Waals surface area contributed by atoms with Crippen molar-refractivity contribution in [2.24, 2.45) is 5.92 Å². The van der Waals surface area contributed by atoms with Crippen molar-refractivity contribution >= 4 is 11.8 Å². The number of carbonyl (C=O) groups is 2. The van der Waals surface area contributed by atoms with Gasteiger partial charge in [0.1, 0.15) is 5.82 Å². The molecule has 1 saturated heterocycles. The second-order valence-electron chi connectivity index (χ2n) is 6.84. The first kappa shape index (κ1) is 19.4. The van der Waals surface area contributed by atoms with Gasteiger partial charge < -0.3 is 14.5 Å². The van der Waals surface area contributed by atoms with Crippen molar-refractivity contribution in [3.8, 4) is 0 Å². The molecule has 0 spiro atoms. The monoisotopic (exact) mass is 350 g/mol. The summed E-state index contributed by atoms with van der Waals surface area (Å²) in [6, 6.07) is 6.47. The van der Waals surface area contributed by atoms with Crippen LogP contribution in [0.4, 0.5) is 4.39 Å². The highest BCUT2D eigenvalue weighted by Gasteiger charge is 2.30. The van der Waals surface area contributed by atoms with Crippen molar-refractivity contribution in [3.05, 3.63) is 35.6 Å². The summed E-state index contributed by atoms with van der Waals surface area (Å²) in [4.78, 5) is 27.9. The van der Waals surface area contributed by atoms with Crippen molar-refractivity contribution in [2.45, 2.75) is 39.9 Å². The van der Waals surface area contributed by atoms with Crippen molar-refractivity contribution in [3.63, 3.8) is 0 Å². The molecule has 1 unspecified atom stereocenters. The molecule has 2 amide bonds. The fraction of sp³-hybridized carbons (Fsp3) is 0.579. The normalized spacial score (nSPS) is 18.6. The summed E-state index contributed by atoms with van der Waals surface area (Å²) in [5.41, 5.74) is 0.474. The second kappa shape index (κ2) is 8.94. The SMILES string of the molecule is CCC(=O)N1CC(=O)N(CC(C)C)CC(OCc2ccccc2F)C1. The quantitative estimate of drug-likeness (QED) is 0.792. The summed E-state index contributed by atoms with van der Waals surface area (Å²) >= 11 is 0. The highest BCUT2D eigenvalue weighted by Crippen LogP contribution is 2.15.